The molecule has 0 saturated carbocycles. The second-order valence-electron chi connectivity index (χ2n) is 26.7. The van der Waals surface area contributed by atoms with Gasteiger partial charge in [0.1, 0.15) is 19.3 Å². The topological polar surface area (TPSA) is 237 Å². The second-order valence-corrected chi connectivity index (χ2v) is 29.6. The van der Waals surface area contributed by atoms with Crippen molar-refractivity contribution in [1.82, 2.24) is 0 Å². The van der Waals surface area contributed by atoms with Gasteiger partial charge in [-0.3, -0.25) is 37.3 Å². The van der Waals surface area contributed by atoms with Gasteiger partial charge in [-0.15, -0.1) is 0 Å². The second kappa shape index (κ2) is 75.0. The Bertz CT molecular complexity index is 2360. The average molecular weight is 1480 g/mol. The molecule has 0 bridgehead atoms. The van der Waals surface area contributed by atoms with E-state index < -0.39 is 97.5 Å². The van der Waals surface area contributed by atoms with Gasteiger partial charge < -0.3 is 33.8 Å². The van der Waals surface area contributed by atoms with Crippen LogP contribution in [0.2, 0.25) is 0 Å². The van der Waals surface area contributed by atoms with Gasteiger partial charge in [-0.25, -0.2) is 9.13 Å². The molecule has 0 spiro atoms. The first-order valence-corrected chi connectivity index (χ1v) is 43.1. The third-order valence-corrected chi connectivity index (χ3v) is 18.6. The van der Waals surface area contributed by atoms with E-state index >= 15 is 0 Å². The number of aliphatic hydroxyl groups excluding tert-OH is 1. The lowest BCUT2D eigenvalue weighted by Crippen LogP contribution is -2.30. The maximum absolute atomic E-state index is 13.1. The van der Waals surface area contributed by atoms with Gasteiger partial charge in [-0.1, -0.05) is 291 Å². The van der Waals surface area contributed by atoms with Crippen molar-refractivity contribution in [2.24, 2.45) is 0 Å². The van der Waals surface area contributed by atoms with Crippen molar-refractivity contribution in [2.45, 2.75) is 354 Å². The van der Waals surface area contributed by atoms with Crippen molar-refractivity contribution in [1.29, 1.82) is 0 Å². The number of carbonyl (C=O) groups excluding carboxylic acids is 4. The Labute approximate surface area is 619 Å². The molecule has 17 nitrogen and oxygen atoms in total. The lowest BCUT2D eigenvalue weighted by atomic mass is 10.0. The molecule has 588 valence electrons. The molecule has 0 aliphatic rings. The van der Waals surface area contributed by atoms with Gasteiger partial charge in [0.05, 0.1) is 26.4 Å². The molecule has 2 unspecified atom stereocenters. The first-order chi connectivity index (χ1) is 49.7. The highest BCUT2D eigenvalue weighted by atomic mass is 31.2. The number of esters is 4. The Balaban J connectivity index is 5.43. The number of phosphoric ester groups is 2. The van der Waals surface area contributed by atoms with Crippen LogP contribution in [0.15, 0.2) is 109 Å². The van der Waals surface area contributed by atoms with Crippen molar-refractivity contribution in [3.05, 3.63) is 109 Å². The number of rotatable bonds is 75. The molecule has 5 atom stereocenters. The Hall–Kier alpha value is -4.28. The van der Waals surface area contributed by atoms with Crippen LogP contribution in [0.25, 0.3) is 0 Å². The molecule has 0 saturated heterocycles. The summed E-state index contributed by atoms with van der Waals surface area (Å²) < 4.78 is 68.5. The van der Waals surface area contributed by atoms with E-state index in [4.69, 9.17) is 37.0 Å². The highest BCUT2D eigenvalue weighted by Gasteiger charge is 2.30. The number of unbranched alkanes of at least 4 members (excludes halogenated alkanes) is 31. The predicted molar refractivity (Wildman–Crippen MR) is 418 cm³/mol. The van der Waals surface area contributed by atoms with E-state index in [2.05, 4.69) is 113 Å². The molecule has 0 aromatic heterocycles. The van der Waals surface area contributed by atoms with Crippen LogP contribution in [0.3, 0.4) is 0 Å². The van der Waals surface area contributed by atoms with Crippen LogP contribution >= 0.6 is 15.6 Å². The minimum atomic E-state index is -4.99. The lowest BCUT2D eigenvalue weighted by molar-refractivity contribution is -0.161. The summed E-state index contributed by atoms with van der Waals surface area (Å²) in [5.74, 6) is -2.30. The van der Waals surface area contributed by atoms with E-state index in [1.54, 1.807) is 0 Å². The maximum Gasteiger partial charge on any atom is 0.472 e. The Morgan fingerprint density at radius 3 is 0.804 bits per heavy atom. The van der Waals surface area contributed by atoms with Crippen LogP contribution in [-0.4, -0.2) is 96.7 Å². The van der Waals surface area contributed by atoms with Crippen LogP contribution in [0.5, 0.6) is 0 Å². The lowest BCUT2D eigenvalue weighted by Gasteiger charge is -2.21. The average Bonchev–Trinajstić information content (AvgIpc) is 0.939. The zero-order valence-electron chi connectivity index (χ0n) is 64.3. The summed E-state index contributed by atoms with van der Waals surface area (Å²) in [6, 6.07) is 0. The number of phosphoric acid groups is 2. The van der Waals surface area contributed by atoms with Crippen molar-refractivity contribution in [2.75, 3.05) is 39.6 Å². The predicted octanol–water partition coefficient (Wildman–Crippen LogP) is 23.3. The quantitative estimate of drug-likeness (QED) is 0.0169. The van der Waals surface area contributed by atoms with E-state index in [1.807, 2.05) is 24.3 Å². The number of ether oxygens (including phenoxy) is 4. The Morgan fingerprint density at radius 2 is 0.490 bits per heavy atom. The van der Waals surface area contributed by atoms with Gasteiger partial charge in [-0.2, -0.15) is 0 Å². The molecule has 0 fully saturated rings. The fourth-order valence-electron chi connectivity index (χ4n) is 10.6. The number of hydrogen-bond donors (Lipinski definition) is 3. The number of hydrogen-bond acceptors (Lipinski definition) is 15. The van der Waals surface area contributed by atoms with Crippen molar-refractivity contribution in [3.63, 3.8) is 0 Å². The van der Waals surface area contributed by atoms with Crippen LogP contribution in [-0.2, 0) is 65.4 Å². The monoisotopic (exact) mass is 1470 g/mol. The van der Waals surface area contributed by atoms with Crippen molar-refractivity contribution in [3.8, 4) is 0 Å². The van der Waals surface area contributed by atoms with Crippen LogP contribution in [0.4, 0.5) is 0 Å². The Kier molecular flexibility index (Phi) is 71.8. The molecule has 19 heteroatoms. The molecule has 0 aliphatic carbocycles. The normalized spacial score (nSPS) is 14.5. The molecule has 0 aromatic rings. The molecule has 0 aromatic carbocycles. The van der Waals surface area contributed by atoms with Crippen molar-refractivity contribution < 1.29 is 80.2 Å². The van der Waals surface area contributed by atoms with Gasteiger partial charge in [0.2, 0.25) is 0 Å². The van der Waals surface area contributed by atoms with E-state index in [0.29, 0.717) is 38.5 Å². The fourth-order valence-corrected chi connectivity index (χ4v) is 12.1. The third kappa shape index (κ3) is 74.0. The molecule has 102 heavy (non-hydrogen) atoms. The summed E-state index contributed by atoms with van der Waals surface area (Å²) in [6.45, 7) is 4.71. The third-order valence-electron chi connectivity index (χ3n) is 16.7. The van der Waals surface area contributed by atoms with E-state index in [-0.39, 0.29) is 25.7 Å². The number of carbonyl (C=O) groups is 4. The van der Waals surface area contributed by atoms with E-state index in [9.17, 15) is 43.2 Å². The van der Waals surface area contributed by atoms with Gasteiger partial charge in [0.15, 0.2) is 12.2 Å². The van der Waals surface area contributed by atoms with Crippen LogP contribution in [0.1, 0.15) is 336 Å². The zero-order valence-corrected chi connectivity index (χ0v) is 66.0. The summed E-state index contributed by atoms with van der Waals surface area (Å²) in [5.41, 5.74) is 0. The molecule has 0 amide bonds. The summed E-state index contributed by atoms with van der Waals surface area (Å²) in [5, 5.41) is 10.6. The molecule has 0 aliphatic heterocycles. The van der Waals surface area contributed by atoms with Gasteiger partial charge in [0.25, 0.3) is 0 Å². The SMILES string of the molecule is CCCCC/C=C\C/C=C\C/C=C\C/C=C\CCCC(=O)OC[C@H](COP(=O)(O)OC[C@@H](O)COP(=O)(O)OC[C@@H](COC(=O)CCC/C=C\C/C=C\C/C=C\C/C=C\CCCCC)OC(=O)CCCCCCCCCCCCCCC)OC(=O)CCCCCCCCC/C=C\CCCCCC. The summed E-state index contributed by atoms with van der Waals surface area (Å²) >= 11 is 0. The van der Waals surface area contributed by atoms with Gasteiger partial charge in [-0.05, 0) is 128 Å². The van der Waals surface area contributed by atoms with Crippen LogP contribution in [0, 0.1) is 0 Å². The largest absolute Gasteiger partial charge is 0.472 e. The molecule has 0 heterocycles. The highest BCUT2D eigenvalue weighted by molar-refractivity contribution is 7.47. The summed E-state index contributed by atoms with van der Waals surface area (Å²) in [7, 11) is -9.98. The molecule has 0 radical (unpaired) electrons. The fraction of sp³-hybridized carbons (Fsp3) is 0.735. The van der Waals surface area contributed by atoms with Crippen LogP contribution < -0.4 is 0 Å². The van der Waals surface area contributed by atoms with Crippen molar-refractivity contribution >= 4 is 39.5 Å². The smallest absolute Gasteiger partial charge is 0.462 e. The highest BCUT2D eigenvalue weighted by Crippen LogP contribution is 2.45. The van der Waals surface area contributed by atoms with Gasteiger partial charge in [0, 0.05) is 25.7 Å². The number of allylic oxidation sites excluding steroid dienone is 18. The maximum atomic E-state index is 13.1. The minimum Gasteiger partial charge on any atom is -0.462 e. The first-order valence-electron chi connectivity index (χ1n) is 40.1. The first kappa shape index (κ1) is 97.7. The standard InChI is InChI=1S/C83H144O17P2/c1-5-9-13-17-21-25-29-33-36-38-41-44-47-51-55-59-63-67-80(85)93-73-78(99-82(87)69-65-61-57-53-49-43-32-28-24-20-16-12-8-4)75-97-101(89,90)95-71-77(84)72-96-102(91,92)98-76-79(100-83(88)70-66-62-58-54-50-46-40-35-31-27-23-19-15-11-7-3)74-94-81(86)68-64-60-56-52-48-45-42-39-37-34-30-26-22-18-14-10-6-2/h21-22,25-27,31,33-34,36-37,41-42,44-45,51-52,55-56,77-79,84H,5-20,23-24,28-30,32,35,38-40,43,46-50,53-54,57-76H2,1-4H3,(H,89,90)(H,91,92)/b25-21-,26-22-,31-27-,36-33-,37-34-,44-41-,45-42-,55-51-,56-52-/t77-,78+,79+/m0/s1. The Morgan fingerprint density at radius 1 is 0.275 bits per heavy atom. The number of aliphatic hydroxyl groups is 1. The minimum absolute atomic E-state index is 0.0769. The molecule has 3 N–H and O–H groups in total. The zero-order chi connectivity index (χ0) is 74.6. The molecule has 0 rings (SSSR count). The molecular weight excluding hydrogens is 1330 g/mol. The summed E-state index contributed by atoms with van der Waals surface area (Å²) in [6.07, 6.45) is 80.8. The van der Waals surface area contributed by atoms with E-state index in [1.165, 1.54) is 116 Å². The van der Waals surface area contributed by atoms with Gasteiger partial charge >= 0.3 is 39.5 Å². The molecular formula is C83H144O17P2. The summed E-state index contributed by atoms with van der Waals surface area (Å²) in [4.78, 5) is 72.9. The van der Waals surface area contributed by atoms with E-state index in [0.717, 1.165) is 128 Å².